The van der Waals surface area contributed by atoms with Gasteiger partial charge in [0.05, 0.1) is 12.4 Å². The predicted molar refractivity (Wildman–Crippen MR) is 84.1 cm³/mol. The Labute approximate surface area is 126 Å². The minimum absolute atomic E-state index is 0.0703. The number of aliphatic hydroxyl groups is 1. The monoisotopic (exact) mass is 293 g/mol. The summed E-state index contributed by atoms with van der Waals surface area (Å²) in [6.45, 7) is 6.25. The van der Waals surface area contributed by atoms with Crippen LogP contribution < -0.4 is 10.6 Å². The van der Waals surface area contributed by atoms with Crippen LogP contribution in [-0.2, 0) is 6.54 Å². The molecule has 1 aliphatic carbocycles. The lowest BCUT2D eigenvalue weighted by Crippen LogP contribution is -2.48. The minimum Gasteiger partial charge on any atom is -0.467 e. The second-order valence-electron chi connectivity index (χ2n) is 6.04. The number of hydrogen-bond donors (Lipinski definition) is 3. The summed E-state index contributed by atoms with van der Waals surface area (Å²) in [6, 6.07) is 3.78. The van der Waals surface area contributed by atoms with Crippen LogP contribution >= 0.6 is 0 Å². The van der Waals surface area contributed by atoms with E-state index in [2.05, 4.69) is 22.5 Å². The number of nitrogens with zero attached hydrogens (tertiary/aromatic N) is 1. The Balaban J connectivity index is 1.91. The number of aliphatic hydroxyl groups excluding tert-OH is 1. The number of rotatable bonds is 5. The van der Waals surface area contributed by atoms with Gasteiger partial charge < -0.3 is 20.2 Å². The Morgan fingerprint density at radius 2 is 2.33 bits per heavy atom. The predicted octanol–water partition coefficient (Wildman–Crippen LogP) is 2.28. The maximum Gasteiger partial charge on any atom is 0.191 e. The largest absolute Gasteiger partial charge is 0.467 e. The van der Waals surface area contributed by atoms with Crippen molar-refractivity contribution in [3.05, 3.63) is 24.2 Å². The third-order valence-corrected chi connectivity index (χ3v) is 4.26. The average Bonchev–Trinajstić information content (AvgIpc) is 2.99. The van der Waals surface area contributed by atoms with E-state index in [4.69, 9.17) is 4.42 Å². The third-order valence-electron chi connectivity index (χ3n) is 4.26. The Kier molecular flexibility index (Phi) is 5.67. The molecule has 1 aromatic heterocycles. The molecule has 1 aliphatic rings. The van der Waals surface area contributed by atoms with Crippen molar-refractivity contribution in [2.45, 2.75) is 52.2 Å². The molecule has 1 saturated carbocycles. The van der Waals surface area contributed by atoms with E-state index in [0.29, 0.717) is 6.54 Å². The topological polar surface area (TPSA) is 69.8 Å². The standard InChI is InChI=1S/C16H27N3O2/c1-3-17-15(18-11-13-7-6-10-21-13)19-12-16(2)9-5-4-8-14(16)20/h6-7,10,14,20H,3-5,8-9,11-12H2,1-2H3,(H2,17,18,19). The number of furan rings is 1. The maximum atomic E-state index is 10.2. The van der Waals surface area contributed by atoms with Gasteiger partial charge in [-0.25, -0.2) is 4.99 Å². The summed E-state index contributed by atoms with van der Waals surface area (Å²) in [5.41, 5.74) is -0.0703. The van der Waals surface area contributed by atoms with Crippen LogP contribution in [0, 0.1) is 5.41 Å². The first kappa shape index (κ1) is 15.9. The third kappa shape index (κ3) is 4.49. The van der Waals surface area contributed by atoms with E-state index in [-0.39, 0.29) is 11.5 Å². The Morgan fingerprint density at radius 1 is 1.48 bits per heavy atom. The molecule has 2 unspecified atom stereocenters. The van der Waals surface area contributed by atoms with Crippen LogP contribution in [0.15, 0.2) is 27.8 Å². The second-order valence-corrected chi connectivity index (χ2v) is 6.04. The molecule has 21 heavy (non-hydrogen) atoms. The molecule has 0 spiro atoms. The molecule has 1 heterocycles. The summed E-state index contributed by atoms with van der Waals surface area (Å²) in [7, 11) is 0. The molecule has 0 saturated heterocycles. The fourth-order valence-corrected chi connectivity index (χ4v) is 2.77. The van der Waals surface area contributed by atoms with E-state index in [9.17, 15) is 5.11 Å². The van der Waals surface area contributed by atoms with Gasteiger partial charge in [-0.1, -0.05) is 19.8 Å². The van der Waals surface area contributed by atoms with Crippen LogP contribution in [0.2, 0.25) is 0 Å². The Morgan fingerprint density at radius 3 is 3.00 bits per heavy atom. The summed E-state index contributed by atoms with van der Waals surface area (Å²) in [5, 5.41) is 16.8. The lowest BCUT2D eigenvalue weighted by Gasteiger charge is -2.38. The highest BCUT2D eigenvalue weighted by atomic mass is 16.3. The first-order valence-corrected chi connectivity index (χ1v) is 7.86. The van der Waals surface area contributed by atoms with Gasteiger partial charge in [-0.2, -0.15) is 0 Å². The molecule has 2 rings (SSSR count). The van der Waals surface area contributed by atoms with E-state index in [1.54, 1.807) is 6.26 Å². The molecule has 3 N–H and O–H groups in total. The van der Waals surface area contributed by atoms with Gasteiger partial charge in [-0.05, 0) is 31.9 Å². The average molecular weight is 293 g/mol. The first-order valence-electron chi connectivity index (χ1n) is 7.86. The molecule has 0 radical (unpaired) electrons. The van der Waals surface area contributed by atoms with E-state index in [1.807, 2.05) is 19.1 Å². The number of guanidine groups is 1. The Hall–Kier alpha value is -1.49. The summed E-state index contributed by atoms with van der Waals surface area (Å²) >= 11 is 0. The molecule has 0 bridgehead atoms. The van der Waals surface area contributed by atoms with Crippen LogP contribution in [0.5, 0.6) is 0 Å². The van der Waals surface area contributed by atoms with E-state index >= 15 is 0 Å². The minimum atomic E-state index is -0.230. The van der Waals surface area contributed by atoms with Crippen LogP contribution in [0.1, 0.15) is 45.3 Å². The van der Waals surface area contributed by atoms with Crippen molar-refractivity contribution in [3.63, 3.8) is 0 Å². The molecule has 1 fully saturated rings. The molecule has 0 aromatic carbocycles. The van der Waals surface area contributed by atoms with Gasteiger partial charge in [0.15, 0.2) is 5.96 Å². The van der Waals surface area contributed by atoms with Crippen molar-refractivity contribution in [2.24, 2.45) is 10.4 Å². The van der Waals surface area contributed by atoms with Crippen molar-refractivity contribution < 1.29 is 9.52 Å². The van der Waals surface area contributed by atoms with E-state index in [0.717, 1.165) is 44.1 Å². The molecular weight excluding hydrogens is 266 g/mol. The molecule has 118 valence electrons. The number of hydrogen-bond acceptors (Lipinski definition) is 3. The van der Waals surface area contributed by atoms with Gasteiger partial charge in [0, 0.05) is 18.5 Å². The van der Waals surface area contributed by atoms with Crippen LogP contribution in [0.25, 0.3) is 0 Å². The van der Waals surface area contributed by atoms with Crippen molar-refractivity contribution in [1.82, 2.24) is 10.6 Å². The van der Waals surface area contributed by atoms with Gasteiger partial charge >= 0.3 is 0 Å². The normalized spacial score (nSPS) is 26.6. The number of nitrogens with one attached hydrogen (secondary N) is 2. The van der Waals surface area contributed by atoms with Gasteiger partial charge in [-0.3, -0.25) is 0 Å². The highest BCUT2D eigenvalue weighted by Crippen LogP contribution is 2.35. The van der Waals surface area contributed by atoms with Gasteiger partial charge in [0.2, 0.25) is 0 Å². The van der Waals surface area contributed by atoms with Crippen molar-refractivity contribution in [3.8, 4) is 0 Å². The summed E-state index contributed by atoms with van der Waals surface area (Å²) < 4.78 is 5.29. The van der Waals surface area contributed by atoms with Crippen LogP contribution in [0.3, 0.4) is 0 Å². The van der Waals surface area contributed by atoms with Crippen molar-refractivity contribution in [2.75, 3.05) is 13.1 Å². The second kappa shape index (κ2) is 7.50. The van der Waals surface area contributed by atoms with Crippen molar-refractivity contribution >= 4 is 5.96 Å². The van der Waals surface area contributed by atoms with Gasteiger partial charge in [0.1, 0.15) is 12.3 Å². The molecule has 0 amide bonds. The zero-order chi connectivity index (χ0) is 15.1. The SMILES string of the molecule is CCNC(=NCc1ccco1)NCC1(C)CCCCC1O. The highest BCUT2D eigenvalue weighted by Gasteiger charge is 2.35. The van der Waals surface area contributed by atoms with Crippen LogP contribution in [0.4, 0.5) is 0 Å². The summed E-state index contributed by atoms with van der Waals surface area (Å²) in [4.78, 5) is 4.52. The molecule has 5 heteroatoms. The number of aliphatic imine (C=N–C) groups is 1. The molecule has 1 aromatic rings. The Bertz CT molecular complexity index is 444. The zero-order valence-electron chi connectivity index (χ0n) is 13.1. The smallest absolute Gasteiger partial charge is 0.191 e. The molecular formula is C16H27N3O2. The maximum absolute atomic E-state index is 10.2. The zero-order valence-corrected chi connectivity index (χ0v) is 13.1. The van der Waals surface area contributed by atoms with Crippen molar-refractivity contribution in [1.29, 1.82) is 0 Å². The van der Waals surface area contributed by atoms with E-state index < -0.39 is 0 Å². The molecule has 2 atom stereocenters. The molecule has 0 aliphatic heterocycles. The fraction of sp³-hybridized carbons (Fsp3) is 0.688. The lowest BCUT2D eigenvalue weighted by molar-refractivity contribution is 0.00397. The summed E-state index contributed by atoms with van der Waals surface area (Å²) in [6.07, 6.45) is 5.70. The highest BCUT2D eigenvalue weighted by molar-refractivity contribution is 5.79. The van der Waals surface area contributed by atoms with Crippen LogP contribution in [-0.4, -0.2) is 30.3 Å². The fourth-order valence-electron chi connectivity index (χ4n) is 2.77. The van der Waals surface area contributed by atoms with Gasteiger partial charge in [-0.15, -0.1) is 0 Å². The quantitative estimate of drug-likeness (QED) is 0.575. The molecule has 5 nitrogen and oxygen atoms in total. The lowest BCUT2D eigenvalue weighted by atomic mass is 9.73. The van der Waals surface area contributed by atoms with E-state index in [1.165, 1.54) is 6.42 Å². The van der Waals surface area contributed by atoms with Gasteiger partial charge in [0.25, 0.3) is 0 Å². The first-order chi connectivity index (χ1) is 10.1. The summed E-state index contributed by atoms with van der Waals surface area (Å²) in [5.74, 6) is 1.61.